The van der Waals surface area contributed by atoms with Crippen molar-refractivity contribution in [1.82, 2.24) is 14.8 Å². The van der Waals surface area contributed by atoms with Crippen LogP contribution in [0, 0.1) is 5.41 Å². The van der Waals surface area contributed by atoms with Crippen LogP contribution in [0.15, 0.2) is 42.1 Å². The first-order valence-corrected chi connectivity index (χ1v) is 8.65. The molecule has 0 spiro atoms. The van der Waals surface area contributed by atoms with E-state index in [-0.39, 0.29) is 11.2 Å². The number of carbonyl (C=O) groups is 1. The van der Waals surface area contributed by atoms with Crippen molar-refractivity contribution in [3.05, 3.63) is 41.9 Å². The largest absolute Gasteiger partial charge is 0.298 e. The number of rotatable bonds is 6. The summed E-state index contributed by atoms with van der Waals surface area (Å²) >= 11 is 7.34. The highest BCUT2D eigenvalue weighted by atomic mass is 35.5. The Morgan fingerprint density at radius 2 is 1.96 bits per heavy atom. The fourth-order valence-corrected chi connectivity index (χ4v) is 3.08. The number of nitrogens with zero attached hydrogens (tertiary/aromatic N) is 3. The Hall–Kier alpha value is -1.59. The Morgan fingerprint density at radius 1 is 1.30 bits per heavy atom. The number of allylic oxidation sites excluding steroid dienone is 1. The van der Waals surface area contributed by atoms with Crippen molar-refractivity contribution in [2.24, 2.45) is 5.41 Å². The van der Waals surface area contributed by atoms with Crippen molar-refractivity contribution in [3.63, 3.8) is 0 Å². The molecular weight excluding hydrogens is 330 g/mol. The lowest BCUT2D eigenvalue weighted by Crippen LogP contribution is -2.22. The summed E-state index contributed by atoms with van der Waals surface area (Å²) in [5.74, 6) is 1.30. The third-order valence-electron chi connectivity index (χ3n) is 3.30. The van der Waals surface area contributed by atoms with Crippen LogP contribution >= 0.6 is 23.4 Å². The highest BCUT2D eigenvalue weighted by Crippen LogP contribution is 2.27. The highest BCUT2D eigenvalue weighted by Gasteiger charge is 2.22. The zero-order valence-electron chi connectivity index (χ0n) is 13.5. The van der Waals surface area contributed by atoms with Crippen LogP contribution in [-0.4, -0.2) is 26.3 Å². The lowest BCUT2D eigenvalue weighted by molar-refractivity contribution is -0.123. The van der Waals surface area contributed by atoms with E-state index in [9.17, 15) is 4.79 Å². The van der Waals surface area contributed by atoms with E-state index >= 15 is 0 Å². The molecule has 122 valence electrons. The minimum atomic E-state index is -0.352. The summed E-state index contributed by atoms with van der Waals surface area (Å²) in [6, 6.07) is 7.45. The summed E-state index contributed by atoms with van der Waals surface area (Å²) < 4.78 is 1.96. The normalized spacial score (nSPS) is 11.5. The van der Waals surface area contributed by atoms with E-state index in [1.807, 2.05) is 49.6 Å². The van der Waals surface area contributed by atoms with Gasteiger partial charge < -0.3 is 0 Å². The molecule has 0 bridgehead atoms. The Labute approximate surface area is 145 Å². The maximum atomic E-state index is 12.1. The van der Waals surface area contributed by atoms with Gasteiger partial charge in [0.2, 0.25) is 0 Å². The number of carbonyl (C=O) groups excluding carboxylic acids is 1. The zero-order chi connectivity index (χ0) is 17.0. The van der Waals surface area contributed by atoms with Crippen LogP contribution in [0.2, 0.25) is 5.02 Å². The molecule has 1 aromatic heterocycles. The molecule has 1 heterocycles. The Balaban J connectivity index is 2.26. The van der Waals surface area contributed by atoms with Gasteiger partial charge in [-0.3, -0.25) is 9.36 Å². The van der Waals surface area contributed by atoms with Gasteiger partial charge in [-0.05, 0) is 24.3 Å². The van der Waals surface area contributed by atoms with E-state index in [0.717, 1.165) is 11.4 Å². The van der Waals surface area contributed by atoms with Gasteiger partial charge in [0.1, 0.15) is 5.78 Å². The van der Waals surface area contributed by atoms with Crippen molar-refractivity contribution in [2.45, 2.75) is 32.5 Å². The number of ketones is 1. The van der Waals surface area contributed by atoms with Crippen molar-refractivity contribution < 1.29 is 4.79 Å². The van der Waals surface area contributed by atoms with E-state index in [0.29, 0.717) is 22.5 Å². The number of halogens is 1. The zero-order valence-corrected chi connectivity index (χ0v) is 15.1. The molecule has 0 fully saturated rings. The SMILES string of the molecule is C=CCn1c(SCC(=O)C(C)(C)C)nnc1-c1ccc(Cl)cc1. The van der Waals surface area contributed by atoms with E-state index in [2.05, 4.69) is 16.8 Å². The van der Waals surface area contributed by atoms with Gasteiger partial charge in [0.25, 0.3) is 0 Å². The smallest absolute Gasteiger partial charge is 0.192 e. The maximum absolute atomic E-state index is 12.1. The van der Waals surface area contributed by atoms with E-state index in [4.69, 9.17) is 11.6 Å². The molecule has 4 nitrogen and oxygen atoms in total. The number of thioether (sulfide) groups is 1. The van der Waals surface area contributed by atoms with E-state index in [1.165, 1.54) is 11.8 Å². The second-order valence-corrected chi connectivity index (χ2v) is 7.55. The summed E-state index contributed by atoms with van der Waals surface area (Å²) in [4.78, 5) is 12.1. The molecule has 0 unspecified atom stereocenters. The van der Waals surface area contributed by atoms with Crippen LogP contribution in [0.3, 0.4) is 0 Å². The highest BCUT2D eigenvalue weighted by molar-refractivity contribution is 7.99. The van der Waals surface area contributed by atoms with Crippen LogP contribution in [0.25, 0.3) is 11.4 Å². The summed E-state index contributed by atoms with van der Waals surface area (Å²) in [6.07, 6.45) is 1.79. The minimum absolute atomic E-state index is 0.184. The summed E-state index contributed by atoms with van der Waals surface area (Å²) in [6.45, 7) is 10.1. The monoisotopic (exact) mass is 349 g/mol. The number of Topliss-reactive ketones (excluding diaryl/α,β-unsaturated/α-hetero) is 1. The van der Waals surface area contributed by atoms with Crippen LogP contribution < -0.4 is 0 Å². The molecule has 0 amide bonds. The standard InChI is InChI=1S/C17H20ClN3OS/c1-5-10-21-15(12-6-8-13(18)9-7-12)19-20-16(21)23-11-14(22)17(2,3)4/h5-9H,1,10-11H2,2-4H3. The Morgan fingerprint density at radius 3 is 2.52 bits per heavy atom. The number of aromatic nitrogens is 3. The third-order valence-corrected chi connectivity index (χ3v) is 4.52. The van der Waals surface area contributed by atoms with Gasteiger partial charge in [-0.1, -0.05) is 50.2 Å². The molecule has 1 aromatic carbocycles. The molecule has 0 aliphatic heterocycles. The fraction of sp³-hybridized carbons (Fsp3) is 0.353. The number of hydrogen-bond donors (Lipinski definition) is 0. The quantitative estimate of drug-likeness (QED) is 0.569. The lowest BCUT2D eigenvalue weighted by Gasteiger charge is -2.16. The molecule has 0 N–H and O–H groups in total. The lowest BCUT2D eigenvalue weighted by atomic mass is 9.92. The van der Waals surface area contributed by atoms with Gasteiger partial charge in [0.15, 0.2) is 11.0 Å². The Bertz CT molecular complexity index is 702. The molecule has 0 atom stereocenters. The summed E-state index contributed by atoms with van der Waals surface area (Å²) in [7, 11) is 0. The molecular formula is C17H20ClN3OS. The van der Waals surface area contributed by atoms with Gasteiger partial charge in [0.05, 0.1) is 5.75 Å². The molecule has 0 aliphatic rings. The molecule has 2 rings (SSSR count). The topological polar surface area (TPSA) is 47.8 Å². The second-order valence-electron chi connectivity index (χ2n) is 6.17. The van der Waals surface area contributed by atoms with Crippen molar-refractivity contribution >= 4 is 29.1 Å². The van der Waals surface area contributed by atoms with Crippen molar-refractivity contribution in [1.29, 1.82) is 0 Å². The molecule has 0 radical (unpaired) electrons. The third kappa shape index (κ3) is 4.45. The van der Waals surface area contributed by atoms with Crippen LogP contribution in [-0.2, 0) is 11.3 Å². The summed E-state index contributed by atoms with van der Waals surface area (Å²) in [5.41, 5.74) is 0.577. The van der Waals surface area contributed by atoms with Crippen LogP contribution in [0.1, 0.15) is 20.8 Å². The predicted octanol–water partition coefficient (Wildman–Crippen LogP) is 4.49. The maximum Gasteiger partial charge on any atom is 0.192 e. The van der Waals surface area contributed by atoms with Gasteiger partial charge in [0, 0.05) is 22.5 Å². The first-order chi connectivity index (χ1) is 10.8. The van der Waals surface area contributed by atoms with E-state index in [1.54, 1.807) is 6.08 Å². The molecule has 0 saturated carbocycles. The molecule has 0 aliphatic carbocycles. The van der Waals surface area contributed by atoms with Gasteiger partial charge >= 0.3 is 0 Å². The predicted molar refractivity (Wildman–Crippen MR) is 95.9 cm³/mol. The second kappa shape index (κ2) is 7.32. The minimum Gasteiger partial charge on any atom is -0.298 e. The molecule has 2 aromatic rings. The molecule has 23 heavy (non-hydrogen) atoms. The average Bonchev–Trinajstić information content (AvgIpc) is 2.88. The summed E-state index contributed by atoms with van der Waals surface area (Å²) in [5, 5.41) is 9.89. The molecule has 0 saturated heterocycles. The first kappa shape index (κ1) is 17.8. The van der Waals surface area contributed by atoms with Crippen LogP contribution in [0.4, 0.5) is 0 Å². The Kier molecular flexibility index (Phi) is 5.65. The van der Waals surface area contributed by atoms with E-state index < -0.39 is 0 Å². The average molecular weight is 350 g/mol. The van der Waals surface area contributed by atoms with Gasteiger partial charge in [-0.2, -0.15) is 0 Å². The van der Waals surface area contributed by atoms with Crippen LogP contribution in [0.5, 0.6) is 0 Å². The van der Waals surface area contributed by atoms with Crippen molar-refractivity contribution in [3.8, 4) is 11.4 Å². The number of benzene rings is 1. The van der Waals surface area contributed by atoms with Gasteiger partial charge in [-0.25, -0.2) is 0 Å². The number of hydrogen-bond acceptors (Lipinski definition) is 4. The van der Waals surface area contributed by atoms with Gasteiger partial charge in [-0.15, -0.1) is 16.8 Å². The molecule has 6 heteroatoms. The fourth-order valence-electron chi connectivity index (χ4n) is 1.85. The van der Waals surface area contributed by atoms with Crippen molar-refractivity contribution in [2.75, 3.05) is 5.75 Å². The first-order valence-electron chi connectivity index (χ1n) is 7.29.